The average Bonchev–Trinajstić information content (AvgIpc) is 1.64. The van der Waals surface area contributed by atoms with Gasteiger partial charge in [0.05, 0.1) is 47.6 Å². The lowest BCUT2D eigenvalue weighted by molar-refractivity contribution is -0.318. The van der Waals surface area contributed by atoms with Crippen LogP contribution in [0.5, 0.6) is 0 Å². The van der Waals surface area contributed by atoms with Gasteiger partial charge in [-0.1, -0.05) is 59.3 Å². The van der Waals surface area contributed by atoms with Crippen LogP contribution >= 0.6 is 0 Å². The molecule has 0 aromatic rings. The maximum absolute atomic E-state index is 17.8. The molecule has 2 saturated carbocycles. The normalized spacial score (nSPS) is 47.6. The number of cyclic esters (lactones) is 1. The van der Waals surface area contributed by atoms with Gasteiger partial charge in [-0.25, -0.2) is 9.18 Å². The monoisotopic (exact) mass is 1240 g/mol. The van der Waals surface area contributed by atoms with Crippen molar-refractivity contribution in [3.05, 3.63) is 23.8 Å². The van der Waals surface area contributed by atoms with Crippen LogP contribution in [0.3, 0.4) is 0 Å². The summed E-state index contributed by atoms with van der Waals surface area (Å²) in [4.78, 5) is 59.4. The summed E-state index contributed by atoms with van der Waals surface area (Å²) in [7, 11) is 5.22. The van der Waals surface area contributed by atoms with Gasteiger partial charge >= 0.3 is 12.1 Å². The van der Waals surface area contributed by atoms with E-state index < -0.39 is 154 Å². The first kappa shape index (κ1) is 71.2. The summed E-state index contributed by atoms with van der Waals surface area (Å²) in [6.07, 6.45) is -5.66. The molecule has 3 unspecified atom stereocenters. The number of carbonyl (C=O) groups excluding carboxylic acids is 4. The third-order valence-corrected chi connectivity index (χ3v) is 22.5. The topological polar surface area (TPSA) is 285 Å². The lowest BCUT2D eigenvalue weighted by Gasteiger charge is -2.61. The fraction of sp³-hybridized carbons (Fsp3) is 0.877. The molecule has 0 aromatic heterocycles. The first-order valence-electron chi connectivity index (χ1n) is 32.3. The molecular weight excluding hydrogens is 1130 g/mol. The maximum atomic E-state index is 17.8. The van der Waals surface area contributed by atoms with E-state index in [0.29, 0.717) is 44.3 Å². The summed E-state index contributed by atoms with van der Waals surface area (Å²) in [5, 5.41) is 78.8. The molecule has 5 fully saturated rings. The van der Waals surface area contributed by atoms with E-state index in [2.05, 4.69) is 10.6 Å². The van der Waals surface area contributed by atoms with Crippen LogP contribution in [0.2, 0.25) is 0 Å². The number of fused-ring (bicyclic) bond motifs is 5. The van der Waals surface area contributed by atoms with Crippen LogP contribution < -0.4 is 10.6 Å². The van der Waals surface area contributed by atoms with Crippen LogP contribution in [0.1, 0.15) is 161 Å². The van der Waals surface area contributed by atoms with E-state index in [4.69, 9.17) is 33.2 Å². The third-order valence-electron chi connectivity index (χ3n) is 22.5. The fourth-order valence-corrected chi connectivity index (χ4v) is 17.0. The Morgan fingerprint density at radius 3 is 2.16 bits per heavy atom. The summed E-state index contributed by atoms with van der Waals surface area (Å²) in [6.45, 7) is 25.8. The van der Waals surface area contributed by atoms with Crippen LogP contribution in [-0.4, -0.2) is 219 Å². The number of methoxy groups -OCH3 is 1. The molecule has 3 aliphatic heterocycles. The van der Waals surface area contributed by atoms with Crippen molar-refractivity contribution >= 4 is 23.8 Å². The summed E-state index contributed by atoms with van der Waals surface area (Å²) in [6, 6.07) is -1.05. The minimum absolute atomic E-state index is 0.0603. The molecule has 3 heterocycles. The van der Waals surface area contributed by atoms with Gasteiger partial charge in [-0.2, -0.15) is 0 Å². The largest absolute Gasteiger partial charge is 0.459 e. The molecule has 2 amide bonds. The zero-order chi connectivity index (χ0) is 64.9. The predicted octanol–water partition coefficient (Wildman–Crippen LogP) is 5.27. The molecule has 498 valence electrons. The number of rotatable bonds is 15. The van der Waals surface area contributed by atoms with Crippen LogP contribution in [-0.2, 0) is 47.5 Å². The molecular formula is C65H109FN4O17. The number of ketones is 1. The minimum Gasteiger partial charge on any atom is -0.459 e. The Morgan fingerprint density at radius 2 is 1.53 bits per heavy atom. The van der Waals surface area contributed by atoms with Crippen molar-refractivity contribution in [2.75, 3.05) is 47.4 Å². The van der Waals surface area contributed by atoms with E-state index in [9.17, 15) is 49.8 Å². The number of nitrogens with one attached hydrogen (secondary N) is 2. The van der Waals surface area contributed by atoms with Gasteiger partial charge in [0.25, 0.3) is 5.91 Å². The second-order valence-corrected chi connectivity index (χ2v) is 28.7. The second-order valence-electron chi connectivity index (χ2n) is 28.7. The smallest absolute Gasteiger partial charge is 0.407 e. The number of amides is 2. The van der Waals surface area contributed by atoms with E-state index in [1.54, 1.807) is 75.3 Å². The summed E-state index contributed by atoms with van der Waals surface area (Å²) < 4.78 is 62.4. The van der Waals surface area contributed by atoms with Gasteiger partial charge < -0.3 is 79.3 Å². The van der Waals surface area contributed by atoms with Crippen molar-refractivity contribution in [2.24, 2.45) is 46.3 Å². The van der Waals surface area contributed by atoms with Crippen molar-refractivity contribution < 1.29 is 87.4 Å². The molecule has 8 N–H and O–H groups in total. The molecule has 0 aromatic carbocycles. The Hall–Kier alpha value is -3.23. The molecule has 87 heavy (non-hydrogen) atoms. The number of hydrogen-bond acceptors (Lipinski definition) is 19. The Balaban J connectivity index is 1.06. The zero-order valence-corrected chi connectivity index (χ0v) is 55.0. The molecule has 26 atom stereocenters. The van der Waals surface area contributed by atoms with Crippen molar-refractivity contribution in [1.82, 2.24) is 20.4 Å². The highest BCUT2D eigenvalue weighted by molar-refractivity contribution is 5.93. The first-order chi connectivity index (χ1) is 40.4. The first-order valence-corrected chi connectivity index (χ1v) is 32.3. The third kappa shape index (κ3) is 13.4. The van der Waals surface area contributed by atoms with Gasteiger partial charge in [0.15, 0.2) is 35.7 Å². The number of unbranched alkanes of at least 4 members (excludes halogenated alkanes) is 1. The lowest BCUT2D eigenvalue weighted by Crippen LogP contribution is -2.69. The Bertz CT molecular complexity index is 2490. The number of carbonyl (C=O) groups is 4. The van der Waals surface area contributed by atoms with E-state index in [1.165, 1.54) is 20.1 Å². The SMILES string of the molecule is CC[C@H]1OC(=O)[C@H](C)[C@@H](O[C@H]2C[C@@](C)(OC)[C@@H](O)[C@H](C)O2)[C@H](C)[C@@H](O[C@@H]2O[C@H](C)C[C@H](N(C)CC)[C@H]2O)[C@](C)(O)C[C@@H](C)CN(C)[C@H](C)C(OC(=O)NCCCCNC(=O)[C@@]2(O)[C@H](C)CC3C4CC=C5CC(=O)C=C[C@]5(C)[C@@]4(F)[C@@H](O)C[C@@]32C)[C@]1(C)O. The van der Waals surface area contributed by atoms with E-state index in [0.717, 1.165) is 0 Å². The zero-order valence-electron chi connectivity index (χ0n) is 55.0. The number of hydrogen-bond donors (Lipinski definition) is 8. The van der Waals surface area contributed by atoms with Crippen molar-refractivity contribution in [3.63, 3.8) is 0 Å². The highest BCUT2D eigenvalue weighted by atomic mass is 19.1. The maximum Gasteiger partial charge on any atom is 0.407 e. The molecule has 4 aliphatic carbocycles. The van der Waals surface area contributed by atoms with E-state index >= 15 is 4.39 Å². The van der Waals surface area contributed by atoms with Gasteiger partial charge in [0, 0.05) is 74.3 Å². The number of allylic oxidation sites excluding steroid dienone is 4. The summed E-state index contributed by atoms with van der Waals surface area (Å²) in [5.41, 5.74) is -10.6. The highest BCUT2D eigenvalue weighted by Crippen LogP contribution is 2.70. The van der Waals surface area contributed by atoms with Gasteiger partial charge in [-0.15, -0.1) is 0 Å². The molecule has 3 saturated heterocycles. The average molecular weight is 1240 g/mol. The minimum atomic E-state index is -2.10. The quantitative estimate of drug-likeness (QED) is 0.0589. The number of ether oxygens (including phenoxy) is 7. The second kappa shape index (κ2) is 27.2. The summed E-state index contributed by atoms with van der Waals surface area (Å²) >= 11 is 0. The molecule has 0 bridgehead atoms. The number of esters is 1. The number of aliphatic hydroxyl groups is 6. The van der Waals surface area contributed by atoms with Crippen LogP contribution in [0.15, 0.2) is 23.8 Å². The van der Waals surface area contributed by atoms with E-state index in [1.807, 2.05) is 50.7 Å². The van der Waals surface area contributed by atoms with Gasteiger partial charge in [0.2, 0.25) is 0 Å². The van der Waals surface area contributed by atoms with Crippen molar-refractivity contribution in [2.45, 2.75) is 269 Å². The van der Waals surface area contributed by atoms with E-state index in [-0.39, 0.29) is 75.5 Å². The van der Waals surface area contributed by atoms with Crippen molar-refractivity contribution in [3.8, 4) is 0 Å². The van der Waals surface area contributed by atoms with Crippen LogP contribution in [0.4, 0.5) is 9.18 Å². The number of halogens is 1. The molecule has 7 rings (SSSR count). The lowest BCUT2D eigenvalue weighted by atomic mass is 9.45. The Morgan fingerprint density at radius 1 is 0.874 bits per heavy atom. The Kier molecular flexibility index (Phi) is 22.2. The number of likely N-dealkylation sites (N-methyl/N-ethyl adjacent to an activating group) is 2. The molecule has 0 radical (unpaired) electrons. The van der Waals surface area contributed by atoms with Gasteiger partial charge in [-0.3, -0.25) is 19.3 Å². The highest BCUT2D eigenvalue weighted by Gasteiger charge is 2.75. The van der Waals surface area contributed by atoms with Gasteiger partial charge in [0.1, 0.15) is 23.9 Å². The molecule has 22 heteroatoms. The predicted molar refractivity (Wildman–Crippen MR) is 321 cm³/mol. The fourth-order valence-electron chi connectivity index (χ4n) is 17.0. The van der Waals surface area contributed by atoms with Gasteiger partial charge in [-0.05, 0) is 151 Å². The van der Waals surface area contributed by atoms with Crippen LogP contribution in [0, 0.1) is 46.3 Å². The molecule has 21 nitrogen and oxygen atoms in total. The number of aliphatic hydroxyl groups excluding tert-OH is 3. The van der Waals surface area contributed by atoms with Crippen LogP contribution in [0.25, 0.3) is 0 Å². The standard InChI is InChI=1S/C65H109FN4O17/c1-18-48-63(14,79)54(87-58(77)68-27-21-20-26-67-57(76)65(80)36(4)28-45-44-23-22-42-30-43(71)24-25-59(42,10)64(44,66)47(72)32-60(45,65)11)40(8)70(16)34-35(3)31-61(12,78)53(86-56-50(73)46(69(15)19-2)29-37(5)82-56)38(6)51(39(7)55(75)84-48)85-49-33-62(13,81-17)52(74)41(9)83-49/h22,24-25,35-41,44-54,56,72-74,78-80H,18-21,23,26-34H2,1-17H3,(H,67,76)(H,68,77)/t35-,36-,37-,38+,39-,40-,41+,44?,45?,46+,47+,48-,49+,50-,51+,52+,53-,54?,56+,59+,60+,61-,62-,63-,64+,65+/m1/s1. The molecule has 0 spiro atoms. The molecule has 7 aliphatic rings. The number of alkyl carbamates (subject to hydrolysis) is 1. The van der Waals surface area contributed by atoms with Crippen molar-refractivity contribution in [1.29, 1.82) is 0 Å². The number of nitrogens with zero attached hydrogens (tertiary/aromatic N) is 2. The summed E-state index contributed by atoms with van der Waals surface area (Å²) in [5.74, 6) is -5.52. The number of alkyl halides is 1. The Labute approximate surface area is 516 Å².